The van der Waals surface area contributed by atoms with Crippen LogP contribution in [-0.2, 0) is 22.0 Å². The van der Waals surface area contributed by atoms with Crippen molar-refractivity contribution in [1.82, 2.24) is 4.57 Å². The summed E-state index contributed by atoms with van der Waals surface area (Å²) in [5, 5.41) is 0. The molecule has 0 fully saturated rings. The van der Waals surface area contributed by atoms with E-state index in [1.807, 2.05) is 24.3 Å². The van der Waals surface area contributed by atoms with Crippen molar-refractivity contribution in [2.45, 2.75) is 39.7 Å². The summed E-state index contributed by atoms with van der Waals surface area (Å²) >= 11 is 1.24. The fraction of sp³-hybridized carbons (Fsp3) is 0.529. The van der Waals surface area contributed by atoms with Crippen LogP contribution in [0.2, 0.25) is 0 Å². The van der Waals surface area contributed by atoms with Crippen molar-refractivity contribution < 1.29 is 9.53 Å². The first-order valence-corrected chi connectivity index (χ1v) is 10.6. The Labute approximate surface area is 148 Å². The highest BCUT2D eigenvalue weighted by Crippen LogP contribution is 2.16. The molecule has 0 aliphatic carbocycles. The standard InChI is InChI=1S/C17H24N2O3S2/c1-3-12-24(13-4-2)18-16(20)22-11-7-10-19-14-8-5-6-9-15(14)23-17(19)21/h5-6,8-9H,3-4,7,10-13H2,1-2H3. The van der Waals surface area contributed by atoms with E-state index in [-0.39, 0.29) is 22.2 Å². The summed E-state index contributed by atoms with van der Waals surface area (Å²) < 4.78 is 12.1. The Kier molecular flexibility index (Phi) is 7.65. The SMILES string of the molecule is CCCS(CCC)=NC(=O)OCCCn1c(=O)sc2ccccc21. The Morgan fingerprint density at radius 3 is 2.67 bits per heavy atom. The van der Waals surface area contributed by atoms with E-state index in [4.69, 9.17) is 4.74 Å². The zero-order valence-corrected chi connectivity index (χ0v) is 15.8. The number of hydrogen-bond donors (Lipinski definition) is 0. The highest BCUT2D eigenvalue weighted by atomic mass is 32.2. The summed E-state index contributed by atoms with van der Waals surface area (Å²) in [7, 11) is -0.215. The fourth-order valence-corrected chi connectivity index (χ4v) is 4.91. The van der Waals surface area contributed by atoms with E-state index in [9.17, 15) is 9.59 Å². The first kappa shape index (κ1) is 18.9. The average Bonchev–Trinajstić information content (AvgIpc) is 2.87. The van der Waals surface area contributed by atoms with Gasteiger partial charge in [0.15, 0.2) is 0 Å². The first-order chi connectivity index (χ1) is 11.7. The van der Waals surface area contributed by atoms with Crippen molar-refractivity contribution in [3.8, 4) is 0 Å². The fourth-order valence-electron chi connectivity index (χ4n) is 2.40. The molecule has 0 saturated heterocycles. The second kappa shape index (κ2) is 9.74. The number of aryl methyl sites for hydroxylation is 1. The highest BCUT2D eigenvalue weighted by Gasteiger charge is 2.07. The van der Waals surface area contributed by atoms with Gasteiger partial charge in [-0.05, 0) is 31.4 Å². The van der Waals surface area contributed by atoms with E-state index >= 15 is 0 Å². The van der Waals surface area contributed by atoms with Crippen LogP contribution >= 0.6 is 11.3 Å². The summed E-state index contributed by atoms with van der Waals surface area (Å²) in [4.78, 5) is 23.8. The molecule has 0 unspecified atom stereocenters. The second-order valence-electron chi connectivity index (χ2n) is 5.42. The molecular formula is C17H24N2O3S2. The molecule has 0 aliphatic heterocycles. The molecule has 1 amide bonds. The molecule has 0 bridgehead atoms. The number of hydrogen-bond acceptors (Lipinski definition) is 4. The van der Waals surface area contributed by atoms with Crippen LogP contribution in [0.15, 0.2) is 33.4 Å². The van der Waals surface area contributed by atoms with Crippen LogP contribution in [0.25, 0.3) is 10.2 Å². The van der Waals surface area contributed by atoms with Crippen LogP contribution in [0, 0.1) is 0 Å². The van der Waals surface area contributed by atoms with Gasteiger partial charge in [0, 0.05) is 18.1 Å². The highest BCUT2D eigenvalue weighted by molar-refractivity contribution is 7.87. The summed E-state index contributed by atoms with van der Waals surface area (Å²) in [5.74, 6) is 1.89. The zero-order valence-electron chi connectivity index (χ0n) is 14.2. The number of para-hydroxylation sites is 1. The predicted octanol–water partition coefficient (Wildman–Crippen LogP) is 4.21. The van der Waals surface area contributed by atoms with Crippen molar-refractivity contribution in [3.05, 3.63) is 33.9 Å². The number of amides is 1. The number of ether oxygens (including phenoxy) is 1. The Bertz CT molecular complexity index is 757. The lowest BCUT2D eigenvalue weighted by molar-refractivity contribution is 0.155. The largest absolute Gasteiger partial charge is 0.447 e. The molecule has 1 aromatic heterocycles. The van der Waals surface area contributed by atoms with E-state index in [2.05, 4.69) is 18.2 Å². The molecule has 2 rings (SSSR count). The van der Waals surface area contributed by atoms with E-state index in [0.29, 0.717) is 13.0 Å². The molecule has 5 nitrogen and oxygen atoms in total. The summed E-state index contributed by atoms with van der Waals surface area (Å²) in [6.45, 7) is 5.03. The van der Waals surface area contributed by atoms with Crippen LogP contribution in [-0.4, -0.2) is 28.8 Å². The maximum Gasteiger partial charge on any atom is 0.439 e. The van der Waals surface area contributed by atoms with Crippen molar-refractivity contribution in [2.24, 2.45) is 4.36 Å². The van der Waals surface area contributed by atoms with Crippen LogP contribution in [0.1, 0.15) is 33.1 Å². The number of fused-ring (bicyclic) bond motifs is 1. The van der Waals surface area contributed by atoms with Gasteiger partial charge in [-0.15, -0.1) is 0 Å². The van der Waals surface area contributed by atoms with Crippen LogP contribution in [0.4, 0.5) is 4.79 Å². The molecule has 7 heteroatoms. The molecule has 0 aliphatic rings. The molecule has 0 spiro atoms. The normalized spacial score (nSPS) is 11.1. The van der Waals surface area contributed by atoms with Gasteiger partial charge < -0.3 is 4.74 Å². The molecule has 1 aromatic carbocycles. The number of rotatable bonds is 8. The lowest BCUT2D eigenvalue weighted by Crippen LogP contribution is -2.15. The third-order valence-corrected chi connectivity index (χ3v) is 6.53. The molecule has 0 radical (unpaired) electrons. The van der Waals surface area contributed by atoms with Crippen molar-refractivity contribution in [2.75, 3.05) is 18.1 Å². The monoisotopic (exact) mass is 368 g/mol. The average molecular weight is 369 g/mol. The van der Waals surface area contributed by atoms with Gasteiger partial charge in [-0.2, -0.15) is 4.36 Å². The minimum atomic E-state index is -0.470. The summed E-state index contributed by atoms with van der Waals surface area (Å²) in [5.41, 5.74) is 0.941. The Morgan fingerprint density at radius 2 is 1.96 bits per heavy atom. The Morgan fingerprint density at radius 1 is 1.25 bits per heavy atom. The van der Waals surface area contributed by atoms with E-state index < -0.39 is 6.09 Å². The molecule has 24 heavy (non-hydrogen) atoms. The Balaban J connectivity index is 1.86. The second-order valence-corrected chi connectivity index (χ2v) is 8.33. The van der Waals surface area contributed by atoms with Crippen molar-refractivity contribution in [1.29, 1.82) is 0 Å². The van der Waals surface area contributed by atoms with Gasteiger partial charge in [0.05, 0.1) is 16.8 Å². The van der Waals surface area contributed by atoms with Crippen molar-refractivity contribution >= 4 is 38.3 Å². The van der Waals surface area contributed by atoms with E-state index in [0.717, 1.165) is 34.6 Å². The number of nitrogens with zero attached hydrogens (tertiary/aromatic N) is 2. The number of carbonyl (C=O) groups excluding carboxylic acids is 1. The summed E-state index contributed by atoms with van der Waals surface area (Å²) in [6.07, 6.45) is 2.18. The quantitative estimate of drug-likeness (QED) is 0.656. The number of aromatic nitrogens is 1. The molecule has 2 aromatic rings. The van der Waals surface area contributed by atoms with Gasteiger partial charge in [0.2, 0.25) is 0 Å². The number of benzene rings is 1. The van der Waals surface area contributed by atoms with Crippen LogP contribution in [0.3, 0.4) is 0 Å². The van der Waals surface area contributed by atoms with Gasteiger partial charge in [0.1, 0.15) is 0 Å². The molecular weight excluding hydrogens is 344 g/mol. The predicted molar refractivity (Wildman–Crippen MR) is 102 cm³/mol. The van der Waals surface area contributed by atoms with E-state index in [1.54, 1.807) is 4.57 Å². The topological polar surface area (TPSA) is 60.7 Å². The van der Waals surface area contributed by atoms with Gasteiger partial charge in [-0.3, -0.25) is 9.36 Å². The molecule has 132 valence electrons. The maximum atomic E-state index is 12.0. The molecule has 0 saturated carbocycles. The van der Waals surface area contributed by atoms with E-state index in [1.165, 1.54) is 11.3 Å². The van der Waals surface area contributed by atoms with Gasteiger partial charge in [-0.1, -0.05) is 48.0 Å². The van der Waals surface area contributed by atoms with Gasteiger partial charge in [0.25, 0.3) is 0 Å². The van der Waals surface area contributed by atoms with Gasteiger partial charge in [-0.25, -0.2) is 4.79 Å². The third-order valence-electron chi connectivity index (χ3n) is 3.41. The van der Waals surface area contributed by atoms with Gasteiger partial charge >= 0.3 is 11.0 Å². The van der Waals surface area contributed by atoms with Crippen LogP contribution < -0.4 is 4.87 Å². The lowest BCUT2D eigenvalue weighted by Gasteiger charge is -2.06. The minimum Gasteiger partial charge on any atom is -0.447 e. The molecule has 1 heterocycles. The first-order valence-electron chi connectivity index (χ1n) is 8.30. The third kappa shape index (κ3) is 5.27. The smallest absolute Gasteiger partial charge is 0.439 e. The minimum absolute atomic E-state index is 0.0275. The Hall–Kier alpha value is -1.47. The lowest BCUT2D eigenvalue weighted by atomic mass is 10.3. The number of thiazole rings is 1. The number of carbonyl (C=O) groups is 1. The van der Waals surface area contributed by atoms with Crippen molar-refractivity contribution in [3.63, 3.8) is 0 Å². The zero-order chi connectivity index (χ0) is 17.4. The maximum absolute atomic E-state index is 12.0. The molecule has 0 N–H and O–H groups in total. The molecule has 0 atom stereocenters. The summed E-state index contributed by atoms with van der Waals surface area (Å²) in [6, 6.07) is 7.73. The van der Waals surface area contributed by atoms with Crippen LogP contribution in [0.5, 0.6) is 0 Å².